The van der Waals surface area contributed by atoms with Crippen molar-refractivity contribution >= 4 is 17.6 Å². The Morgan fingerprint density at radius 3 is 2.48 bits per heavy atom. The molecule has 0 aliphatic carbocycles. The van der Waals surface area contributed by atoms with Gasteiger partial charge in [-0.15, -0.1) is 0 Å². The van der Waals surface area contributed by atoms with Crippen LogP contribution in [-0.2, 0) is 30.6 Å². The maximum atomic E-state index is 12.6. The van der Waals surface area contributed by atoms with Crippen LogP contribution in [0.1, 0.15) is 62.8 Å². The highest BCUT2D eigenvalue weighted by Gasteiger charge is 2.42. The van der Waals surface area contributed by atoms with E-state index in [-0.39, 0.29) is 0 Å². The number of likely N-dealkylation sites (tertiary alicyclic amines) is 1. The Hall–Kier alpha value is -3.72. The number of ether oxygens (including phenoxy) is 1. The lowest BCUT2D eigenvalue weighted by Gasteiger charge is -2.39. The molecule has 4 aromatic rings. The molecule has 5 rings (SSSR count). The molecule has 9 heteroatoms. The number of piperidine rings is 1. The highest BCUT2D eigenvalue weighted by molar-refractivity contribution is 6.31. The number of rotatable bonds is 12. The highest BCUT2D eigenvalue weighted by Crippen LogP contribution is 2.38. The summed E-state index contributed by atoms with van der Waals surface area (Å²) in [6, 6.07) is 19.9. The van der Waals surface area contributed by atoms with E-state index in [0.717, 1.165) is 45.6 Å². The first-order chi connectivity index (χ1) is 21.9. The molecular formula is C37H45ClN4O4. The number of aliphatic carboxylic acids is 1. The van der Waals surface area contributed by atoms with Crippen molar-refractivity contribution in [2.75, 3.05) is 20.2 Å². The van der Waals surface area contributed by atoms with Crippen molar-refractivity contribution in [3.8, 4) is 28.6 Å². The number of aromatic nitrogens is 2. The van der Waals surface area contributed by atoms with Gasteiger partial charge in [-0.3, -0.25) is 9.69 Å². The van der Waals surface area contributed by atoms with Crippen LogP contribution in [0.3, 0.4) is 0 Å². The maximum Gasteiger partial charge on any atom is 0.310 e. The first kappa shape index (κ1) is 33.6. The molecule has 244 valence electrons. The minimum absolute atomic E-state index is 0.415. The quantitative estimate of drug-likeness (QED) is 0.163. The summed E-state index contributed by atoms with van der Waals surface area (Å²) in [6.07, 6.45) is 3.10. The standard InChI is InChI=1S/C37H45ClN4O4/c1-24(2)18-26-11-12-27(20-31(26)38)34-40-33(41-46-34)30-13-10-25(19-29(30)21-36(3,4)39)23-42-16-14-37(15-17-42,35(43)44)22-28-8-6-7-9-32(28)45-5/h6-13,19-20,24H,14-18,21-23,39H2,1-5H3,(H,43,44). The fourth-order valence-electron chi connectivity index (χ4n) is 6.41. The van der Waals surface area contributed by atoms with Gasteiger partial charge in [0.2, 0.25) is 5.82 Å². The maximum absolute atomic E-state index is 12.6. The Morgan fingerprint density at radius 2 is 1.83 bits per heavy atom. The van der Waals surface area contributed by atoms with Gasteiger partial charge >= 0.3 is 5.97 Å². The summed E-state index contributed by atoms with van der Waals surface area (Å²) >= 11 is 6.58. The topological polar surface area (TPSA) is 115 Å². The lowest BCUT2D eigenvalue weighted by Crippen LogP contribution is -2.45. The van der Waals surface area contributed by atoms with Crippen LogP contribution < -0.4 is 10.5 Å². The largest absolute Gasteiger partial charge is 0.496 e. The van der Waals surface area contributed by atoms with E-state index in [4.69, 9.17) is 31.6 Å². The molecule has 1 aliphatic heterocycles. The number of carbonyl (C=O) groups is 1. The van der Waals surface area contributed by atoms with Gasteiger partial charge in [0, 0.05) is 28.2 Å². The first-order valence-electron chi connectivity index (χ1n) is 16.0. The van der Waals surface area contributed by atoms with Crippen LogP contribution in [0.5, 0.6) is 5.75 Å². The van der Waals surface area contributed by atoms with Crippen LogP contribution in [-0.4, -0.2) is 51.9 Å². The number of nitrogens with two attached hydrogens (primary N) is 1. The summed E-state index contributed by atoms with van der Waals surface area (Å²) in [5, 5.41) is 15.3. The molecule has 3 aromatic carbocycles. The molecule has 0 unspecified atom stereocenters. The summed E-state index contributed by atoms with van der Waals surface area (Å²) in [5.74, 6) is 1.41. The van der Waals surface area contributed by atoms with Gasteiger partial charge in [-0.25, -0.2) is 0 Å². The van der Waals surface area contributed by atoms with E-state index >= 15 is 0 Å². The molecule has 1 aliphatic rings. The van der Waals surface area contributed by atoms with Gasteiger partial charge in [-0.1, -0.05) is 73.1 Å². The summed E-state index contributed by atoms with van der Waals surface area (Å²) < 4.78 is 11.2. The Morgan fingerprint density at radius 1 is 1.09 bits per heavy atom. The minimum atomic E-state index is -0.820. The highest BCUT2D eigenvalue weighted by atomic mass is 35.5. The van der Waals surface area contributed by atoms with Gasteiger partial charge in [-0.2, -0.15) is 4.98 Å². The predicted octanol–water partition coefficient (Wildman–Crippen LogP) is 7.45. The molecule has 3 N–H and O–H groups in total. The van der Waals surface area contributed by atoms with Gasteiger partial charge in [0.15, 0.2) is 0 Å². The van der Waals surface area contributed by atoms with Gasteiger partial charge in [-0.05, 0) is 105 Å². The van der Waals surface area contributed by atoms with Crippen molar-refractivity contribution in [1.29, 1.82) is 0 Å². The molecule has 0 spiro atoms. The van der Waals surface area contributed by atoms with Gasteiger partial charge in [0.25, 0.3) is 5.89 Å². The van der Waals surface area contributed by atoms with Gasteiger partial charge in [0.1, 0.15) is 5.75 Å². The zero-order valence-electron chi connectivity index (χ0n) is 27.5. The number of methoxy groups -OCH3 is 1. The van der Waals surface area contributed by atoms with E-state index < -0.39 is 16.9 Å². The lowest BCUT2D eigenvalue weighted by molar-refractivity contribution is -0.152. The fraction of sp³-hybridized carbons (Fsp3) is 0.432. The number of nitrogens with zero attached hydrogens (tertiary/aromatic N) is 3. The fourth-order valence-corrected chi connectivity index (χ4v) is 6.67. The average molecular weight is 645 g/mol. The molecule has 0 atom stereocenters. The van der Waals surface area contributed by atoms with Crippen LogP contribution >= 0.6 is 11.6 Å². The monoisotopic (exact) mass is 644 g/mol. The number of para-hydroxylation sites is 1. The van der Waals surface area contributed by atoms with E-state index in [1.165, 1.54) is 0 Å². The normalized spacial score (nSPS) is 15.3. The molecule has 0 bridgehead atoms. The number of carboxylic acids is 1. The molecule has 1 fully saturated rings. The third-order valence-corrected chi connectivity index (χ3v) is 9.16. The van der Waals surface area contributed by atoms with E-state index in [1.54, 1.807) is 7.11 Å². The second-order valence-corrected chi connectivity index (χ2v) is 14.2. The van der Waals surface area contributed by atoms with E-state index in [9.17, 15) is 9.90 Å². The second kappa shape index (κ2) is 14.0. The van der Waals surface area contributed by atoms with Crippen molar-refractivity contribution in [1.82, 2.24) is 15.0 Å². The van der Waals surface area contributed by atoms with Crippen LogP contribution in [0.15, 0.2) is 65.2 Å². The first-order valence-corrected chi connectivity index (χ1v) is 16.3. The zero-order valence-corrected chi connectivity index (χ0v) is 28.2. The molecule has 0 amide bonds. The van der Waals surface area contributed by atoms with Crippen LogP contribution in [0.4, 0.5) is 0 Å². The van der Waals surface area contributed by atoms with Crippen molar-refractivity contribution in [2.24, 2.45) is 17.1 Å². The molecule has 0 radical (unpaired) electrons. The Balaban J connectivity index is 1.33. The number of halogens is 1. The third kappa shape index (κ3) is 7.97. The Bertz CT molecular complexity index is 1670. The van der Waals surface area contributed by atoms with E-state index in [0.29, 0.717) is 68.0 Å². The molecule has 2 heterocycles. The van der Waals surface area contributed by atoms with Crippen LogP contribution in [0.25, 0.3) is 22.8 Å². The van der Waals surface area contributed by atoms with E-state index in [1.807, 2.05) is 62.4 Å². The SMILES string of the molecule is COc1ccccc1CC1(C(=O)O)CCN(Cc2ccc(-c3noc(-c4ccc(CC(C)C)c(Cl)c4)n3)c(CC(C)(C)N)c2)CC1. The van der Waals surface area contributed by atoms with Crippen LogP contribution in [0, 0.1) is 11.3 Å². The van der Waals surface area contributed by atoms with Crippen molar-refractivity contribution in [3.63, 3.8) is 0 Å². The van der Waals surface area contributed by atoms with Gasteiger partial charge < -0.3 is 20.1 Å². The van der Waals surface area contributed by atoms with Crippen LogP contribution in [0.2, 0.25) is 5.02 Å². The lowest BCUT2D eigenvalue weighted by atomic mass is 9.73. The predicted molar refractivity (Wildman–Crippen MR) is 182 cm³/mol. The zero-order chi connectivity index (χ0) is 33.1. The van der Waals surface area contributed by atoms with Crippen molar-refractivity contribution < 1.29 is 19.2 Å². The number of hydrogen-bond acceptors (Lipinski definition) is 7. The number of benzene rings is 3. The second-order valence-electron chi connectivity index (χ2n) is 13.8. The van der Waals surface area contributed by atoms with Crippen molar-refractivity contribution in [2.45, 2.75) is 71.9 Å². The third-order valence-electron chi connectivity index (χ3n) is 8.81. The smallest absolute Gasteiger partial charge is 0.310 e. The Kier molecular flexibility index (Phi) is 10.2. The molecule has 1 aromatic heterocycles. The Labute approximate surface area is 276 Å². The molecular weight excluding hydrogens is 600 g/mol. The summed E-state index contributed by atoms with van der Waals surface area (Å²) in [5.41, 5.74) is 11.1. The van der Waals surface area contributed by atoms with E-state index in [2.05, 4.69) is 36.0 Å². The summed E-state index contributed by atoms with van der Waals surface area (Å²) in [7, 11) is 1.63. The summed E-state index contributed by atoms with van der Waals surface area (Å²) in [6.45, 7) is 10.4. The van der Waals surface area contributed by atoms with Gasteiger partial charge in [0.05, 0.1) is 12.5 Å². The molecule has 46 heavy (non-hydrogen) atoms. The summed E-state index contributed by atoms with van der Waals surface area (Å²) in [4.78, 5) is 19.6. The van der Waals surface area contributed by atoms with Crippen molar-refractivity contribution in [3.05, 3.63) is 87.9 Å². The molecule has 1 saturated heterocycles. The average Bonchev–Trinajstić information content (AvgIpc) is 3.49. The number of carboxylic acid groups (broad SMARTS) is 1. The molecule has 8 nitrogen and oxygen atoms in total. The number of hydrogen-bond donors (Lipinski definition) is 2. The minimum Gasteiger partial charge on any atom is -0.496 e. The molecule has 0 saturated carbocycles.